The standard InChI is InChI=1S/C21H20ClFN4O3/c1-13(2)30-19-8-7-16(9-17(19)23)25-21-26-20(29)18(24-12-28)11-27(21)10-14-3-5-15(22)6-4-14/h3-9,11-13H,10H2,1-2H3,(H,24,28)(H,25,26,29). The zero-order chi connectivity index (χ0) is 21.7. The first-order chi connectivity index (χ1) is 14.4. The Bertz CT molecular complexity index is 1100. The molecule has 1 heterocycles. The molecule has 9 heteroatoms. The van der Waals surface area contributed by atoms with Gasteiger partial charge < -0.3 is 19.9 Å². The average Bonchev–Trinajstić information content (AvgIpc) is 2.69. The number of benzene rings is 2. The second-order valence-corrected chi connectivity index (χ2v) is 7.17. The number of hydrogen-bond acceptors (Lipinski definition) is 5. The topological polar surface area (TPSA) is 85.2 Å². The summed E-state index contributed by atoms with van der Waals surface area (Å²) in [5.41, 5.74) is 0.668. The molecule has 2 aromatic carbocycles. The summed E-state index contributed by atoms with van der Waals surface area (Å²) in [5, 5.41) is 5.88. The number of amides is 1. The van der Waals surface area contributed by atoms with E-state index in [1.54, 1.807) is 36.6 Å². The lowest BCUT2D eigenvalue weighted by Crippen LogP contribution is -2.20. The van der Waals surface area contributed by atoms with Crippen LogP contribution in [0.3, 0.4) is 0 Å². The second-order valence-electron chi connectivity index (χ2n) is 6.74. The molecule has 3 aromatic rings. The van der Waals surface area contributed by atoms with Crippen molar-refractivity contribution in [1.82, 2.24) is 9.55 Å². The number of carbonyl (C=O) groups is 1. The predicted molar refractivity (Wildman–Crippen MR) is 114 cm³/mol. The van der Waals surface area contributed by atoms with Crippen LogP contribution in [0.1, 0.15) is 19.4 Å². The van der Waals surface area contributed by atoms with Crippen molar-refractivity contribution in [3.05, 3.63) is 75.4 Å². The highest BCUT2D eigenvalue weighted by Crippen LogP contribution is 2.24. The number of rotatable bonds is 8. The van der Waals surface area contributed by atoms with Crippen molar-refractivity contribution >= 4 is 35.3 Å². The fourth-order valence-electron chi connectivity index (χ4n) is 2.72. The molecule has 0 saturated carbocycles. The van der Waals surface area contributed by atoms with Gasteiger partial charge in [-0.05, 0) is 43.7 Å². The summed E-state index contributed by atoms with van der Waals surface area (Å²) in [6.45, 7) is 3.94. The molecule has 3 rings (SSSR count). The molecule has 0 aliphatic heterocycles. The summed E-state index contributed by atoms with van der Waals surface area (Å²) in [4.78, 5) is 27.0. The second kappa shape index (κ2) is 9.41. The van der Waals surface area contributed by atoms with Gasteiger partial charge >= 0.3 is 0 Å². The molecule has 7 nitrogen and oxygen atoms in total. The van der Waals surface area contributed by atoms with Crippen LogP contribution < -0.4 is 20.9 Å². The minimum absolute atomic E-state index is 0.0244. The number of ether oxygens (including phenoxy) is 1. The third-order valence-electron chi connectivity index (χ3n) is 4.03. The SMILES string of the molecule is CC(C)Oc1ccc(Nc2nc(=O)c(NC=O)cn2Cc2ccc(Cl)cc2)cc1F. The maximum Gasteiger partial charge on any atom is 0.298 e. The van der Waals surface area contributed by atoms with E-state index in [4.69, 9.17) is 16.3 Å². The van der Waals surface area contributed by atoms with E-state index in [1.165, 1.54) is 18.3 Å². The van der Waals surface area contributed by atoms with E-state index in [0.717, 1.165) is 5.56 Å². The minimum Gasteiger partial charge on any atom is -0.488 e. The number of nitrogens with one attached hydrogen (secondary N) is 2. The highest BCUT2D eigenvalue weighted by Gasteiger charge is 2.12. The Balaban J connectivity index is 1.95. The van der Waals surface area contributed by atoms with Gasteiger partial charge in [0.25, 0.3) is 5.56 Å². The summed E-state index contributed by atoms with van der Waals surface area (Å²) in [6, 6.07) is 11.5. The lowest BCUT2D eigenvalue weighted by Gasteiger charge is -2.16. The zero-order valence-corrected chi connectivity index (χ0v) is 17.1. The van der Waals surface area contributed by atoms with Crippen molar-refractivity contribution in [3.63, 3.8) is 0 Å². The maximum atomic E-state index is 14.3. The number of carbonyl (C=O) groups excluding carboxylic acids is 1. The van der Waals surface area contributed by atoms with Gasteiger partial charge in [0.05, 0.1) is 12.6 Å². The quantitative estimate of drug-likeness (QED) is 0.523. The third kappa shape index (κ3) is 5.36. The predicted octanol–water partition coefficient (Wildman–Crippen LogP) is 4.18. The molecule has 0 aliphatic carbocycles. The van der Waals surface area contributed by atoms with Crippen LogP contribution in [0.5, 0.6) is 5.75 Å². The monoisotopic (exact) mass is 430 g/mol. The number of anilines is 3. The minimum atomic E-state index is -0.628. The van der Waals surface area contributed by atoms with Gasteiger partial charge in [-0.1, -0.05) is 23.7 Å². The zero-order valence-electron chi connectivity index (χ0n) is 16.4. The van der Waals surface area contributed by atoms with Gasteiger partial charge in [-0.15, -0.1) is 0 Å². The van der Waals surface area contributed by atoms with Crippen molar-refractivity contribution in [2.24, 2.45) is 0 Å². The van der Waals surface area contributed by atoms with Gasteiger partial charge in [-0.2, -0.15) is 4.98 Å². The van der Waals surface area contributed by atoms with Crippen LogP contribution >= 0.6 is 11.6 Å². The van der Waals surface area contributed by atoms with E-state index >= 15 is 0 Å². The number of aromatic nitrogens is 2. The van der Waals surface area contributed by atoms with Crippen LogP contribution in [0.2, 0.25) is 5.02 Å². The third-order valence-corrected chi connectivity index (χ3v) is 4.28. The Morgan fingerprint density at radius 2 is 1.97 bits per heavy atom. The number of halogens is 2. The summed E-state index contributed by atoms with van der Waals surface area (Å²) < 4.78 is 21.4. The van der Waals surface area contributed by atoms with Crippen molar-refractivity contribution < 1.29 is 13.9 Å². The van der Waals surface area contributed by atoms with E-state index in [2.05, 4.69) is 15.6 Å². The lowest BCUT2D eigenvalue weighted by molar-refractivity contribution is -0.105. The molecule has 1 aromatic heterocycles. The van der Waals surface area contributed by atoms with Gasteiger partial charge in [-0.3, -0.25) is 9.59 Å². The van der Waals surface area contributed by atoms with Crippen molar-refractivity contribution in [2.45, 2.75) is 26.5 Å². The molecule has 1 amide bonds. The van der Waals surface area contributed by atoms with Crippen molar-refractivity contribution in [3.8, 4) is 5.75 Å². The largest absolute Gasteiger partial charge is 0.488 e. The van der Waals surface area contributed by atoms with Crippen molar-refractivity contribution in [1.29, 1.82) is 0 Å². The Morgan fingerprint density at radius 3 is 2.60 bits per heavy atom. The van der Waals surface area contributed by atoms with E-state index in [1.807, 2.05) is 12.1 Å². The molecule has 0 spiro atoms. The summed E-state index contributed by atoms with van der Waals surface area (Å²) in [7, 11) is 0. The van der Waals surface area contributed by atoms with Gasteiger partial charge in [0.15, 0.2) is 11.6 Å². The lowest BCUT2D eigenvalue weighted by atomic mass is 10.2. The molecule has 0 bridgehead atoms. The van der Waals surface area contributed by atoms with Crippen LogP contribution in [0.25, 0.3) is 0 Å². The normalized spacial score (nSPS) is 10.7. The molecule has 0 aliphatic rings. The molecule has 30 heavy (non-hydrogen) atoms. The Hall–Kier alpha value is -3.39. The van der Waals surface area contributed by atoms with Crippen LogP contribution in [0, 0.1) is 5.82 Å². The highest BCUT2D eigenvalue weighted by molar-refractivity contribution is 6.30. The van der Waals surface area contributed by atoms with E-state index in [-0.39, 0.29) is 23.5 Å². The van der Waals surface area contributed by atoms with E-state index in [0.29, 0.717) is 23.7 Å². The van der Waals surface area contributed by atoms with Crippen molar-refractivity contribution in [2.75, 3.05) is 10.6 Å². The van der Waals surface area contributed by atoms with E-state index in [9.17, 15) is 14.0 Å². The first kappa shape index (κ1) is 21.3. The summed E-state index contributed by atoms with van der Waals surface area (Å²) in [5.74, 6) is -0.226. The first-order valence-corrected chi connectivity index (χ1v) is 9.53. The molecule has 156 valence electrons. The smallest absolute Gasteiger partial charge is 0.298 e. The summed E-state index contributed by atoms with van der Waals surface area (Å²) in [6.07, 6.45) is 1.70. The fourth-order valence-corrected chi connectivity index (χ4v) is 2.85. The van der Waals surface area contributed by atoms with Crippen LogP contribution in [0.4, 0.5) is 21.7 Å². The van der Waals surface area contributed by atoms with Crippen LogP contribution in [0.15, 0.2) is 53.5 Å². The molecular weight excluding hydrogens is 411 g/mol. The molecule has 0 saturated heterocycles. The molecule has 2 N–H and O–H groups in total. The molecular formula is C21H20ClFN4O3. The van der Waals surface area contributed by atoms with Gasteiger partial charge in [0, 0.05) is 23.0 Å². The number of nitrogens with zero attached hydrogens (tertiary/aromatic N) is 2. The van der Waals surface area contributed by atoms with E-state index < -0.39 is 11.4 Å². The van der Waals surface area contributed by atoms with Crippen LogP contribution in [-0.4, -0.2) is 22.1 Å². The van der Waals surface area contributed by atoms with Crippen LogP contribution in [-0.2, 0) is 11.3 Å². The Labute approximate surface area is 177 Å². The molecule has 0 radical (unpaired) electrons. The molecule has 0 unspecified atom stereocenters. The maximum absolute atomic E-state index is 14.3. The van der Waals surface area contributed by atoms with Gasteiger partial charge in [0.2, 0.25) is 12.4 Å². The Morgan fingerprint density at radius 1 is 1.23 bits per heavy atom. The first-order valence-electron chi connectivity index (χ1n) is 9.15. The Kier molecular flexibility index (Phi) is 6.68. The average molecular weight is 431 g/mol. The van der Waals surface area contributed by atoms with Gasteiger partial charge in [-0.25, -0.2) is 4.39 Å². The number of hydrogen-bond donors (Lipinski definition) is 2. The molecule has 0 atom stereocenters. The molecule has 0 fully saturated rings. The fraction of sp³-hybridized carbons (Fsp3) is 0.190. The summed E-state index contributed by atoms with van der Waals surface area (Å²) >= 11 is 5.93. The highest BCUT2D eigenvalue weighted by atomic mass is 35.5. The van der Waals surface area contributed by atoms with Gasteiger partial charge in [0.1, 0.15) is 5.69 Å².